The second kappa shape index (κ2) is 11.2. The Hall–Kier alpha value is -2.45. The van der Waals surface area contributed by atoms with Crippen molar-refractivity contribution < 1.29 is 14.3 Å². The molecule has 31 heavy (non-hydrogen) atoms. The van der Waals surface area contributed by atoms with E-state index in [1.165, 1.54) is 16.9 Å². The van der Waals surface area contributed by atoms with Crippen molar-refractivity contribution in [2.45, 2.75) is 45.8 Å². The van der Waals surface area contributed by atoms with Gasteiger partial charge in [0.25, 0.3) is 0 Å². The molecule has 3 unspecified atom stereocenters. The van der Waals surface area contributed by atoms with E-state index in [4.69, 9.17) is 9.47 Å². The Morgan fingerprint density at radius 3 is 2.87 bits per heavy atom. The molecule has 2 heterocycles. The van der Waals surface area contributed by atoms with Crippen LogP contribution in [-0.2, 0) is 9.47 Å². The van der Waals surface area contributed by atoms with Crippen molar-refractivity contribution in [3.05, 3.63) is 51.5 Å². The average Bonchev–Trinajstić information content (AvgIpc) is 3.19. The SMILES string of the molecule is CCOC(=O)c1sc(C(C)NC(=NC)NCC2CCCOC2c2ccccc2)nc1C. The third-order valence-corrected chi connectivity index (χ3v) is 6.65. The molecule has 1 saturated heterocycles. The number of thiazole rings is 1. The molecule has 1 aromatic carbocycles. The van der Waals surface area contributed by atoms with Gasteiger partial charge in [-0.15, -0.1) is 11.3 Å². The summed E-state index contributed by atoms with van der Waals surface area (Å²) in [4.78, 5) is 21.6. The van der Waals surface area contributed by atoms with Crippen LogP contribution in [0.2, 0.25) is 0 Å². The average molecular weight is 445 g/mol. The number of nitrogens with zero attached hydrogens (tertiary/aromatic N) is 2. The second-order valence-corrected chi connectivity index (χ2v) is 8.64. The molecule has 7 nitrogen and oxygen atoms in total. The summed E-state index contributed by atoms with van der Waals surface area (Å²) < 4.78 is 11.2. The molecule has 0 amide bonds. The van der Waals surface area contributed by atoms with Crippen molar-refractivity contribution in [3.63, 3.8) is 0 Å². The van der Waals surface area contributed by atoms with Crippen LogP contribution in [0.1, 0.15) is 64.8 Å². The Morgan fingerprint density at radius 1 is 1.39 bits per heavy atom. The van der Waals surface area contributed by atoms with Crippen LogP contribution in [0.15, 0.2) is 35.3 Å². The largest absolute Gasteiger partial charge is 0.462 e. The molecule has 0 spiro atoms. The van der Waals surface area contributed by atoms with Crippen molar-refractivity contribution in [2.75, 3.05) is 26.8 Å². The van der Waals surface area contributed by atoms with Gasteiger partial charge in [-0.1, -0.05) is 30.3 Å². The Labute approximate surface area is 188 Å². The first-order chi connectivity index (χ1) is 15.0. The van der Waals surface area contributed by atoms with Gasteiger partial charge >= 0.3 is 5.97 Å². The summed E-state index contributed by atoms with van der Waals surface area (Å²) in [6.07, 6.45) is 2.26. The summed E-state index contributed by atoms with van der Waals surface area (Å²) in [5, 5.41) is 7.66. The van der Waals surface area contributed by atoms with Crippen molar-refractivity contribution in [1.29, 1.82) is 0 Å². The molecule has 1 aliphatic rings. The van der Waals surface area contributed by atoms with E-state index in [2.05, 4.69) is 44.9 Å². The number of hydrogen-bond donors (Lipinski definition) is 2. The first kappa shape index (κ1) is 23.2. The maximum absolute atomic E-state index is 12.1. The number of aromatic nitrogens is 1. The van der Waals surface area contributed by atoms with E-state index >= 15 is 0 Å². The molecule has 1 fully saturated rings. The third-order valence-electron chi connectivity index (χ3n) is 5.33. The number of ether oxygens (including phenoxy) is 2. The first-order valence-electron chi connectivity index (χ1n) is 10.8. The molecule has 168 valence electrons. The van der Waals surface area contributed by atoms with Gasteiger partial charge in [-0.25, -0.2) is 9.78 Å². The maximum Gasteiger partial charge on any atom is 0.350 e. The van der Waals surface area contributed by atoms with Crippen LogP contribution in [0.3, 0.4) is 0 Å². The van der Waals surface area contributed by atoms with Crippen molar-refractivity contribution in [2.24, 2.45) is 10.9 Å². The van der Waals surface area contributed by atoms with E-state index in [-0.39, 0.29) is 18.1 Å². The van der Waals surface area contributed by atoms with Gasteiger partial charge in [0, 0.05) is 26.1 Å². The van der Waals surface area contributed by atoms with E-state index in [1.54, 1.807) is 14.0 Å². The van der Waals surface area contributed by atoms with Crippen LogP contribution in [0.25, 0.3) is 0 Å². The molecule has 2 aromatic rings. The molecule has 0 bridgehead atoms. The van der Waals surface area contributed by atoms with E-state index in [1.807, 2.05) is 19.9 Å². The van der Waals surface area contributed by atoms with E-state index in [0.717, 1.165) is 31.0 Å². The lowest BCUT2D eigenvalue weighted by Gasteiger charge is -2.32. The minimum atomic E-state index is -0.317. The van der Waals surface area contributed by atoms with Crippen molar-refractivity contribution in [1.82, 2.24) is 15.6 Å². The molecule has 8 heteroatoms. The predicted octanol–water partition coefficient (Wildman–Crippen LogP) is 4.02. The van der Waals surface area contributed by atoms with Gasteiger partial charge in [0.1, 0.15) is 9.88 Å². The lowest BCUT2D eigenvalue weighted by molar-refractivity contribution is -0.0265. The van der Waals surface area contributed by atoms with E-state index < -0.39 is 0 Å². The summed E-state index contributed by atoms with van der Waals surface area (Å²) in [6, 6.07) is 10.3. The number of guanidine groups is 1. The number of hydrogen-bond acceptors (Lipinski definition) is 6. The van der Waals surface area contributed by atoms with Gasteiger partial charge < -0.3 is 20.1 Å². The number of aryl methyl sites for hydroxylation is 1. The summed E-state index contributed by atoms with van der Waals surface area (Å²) >= 11 is 1.36. The molecule has 0 radical (unpaired) electrons. The minimum absolute atomic E-state index is 0.0896. The Bertz CT molecular complexity index is 884. The molecule has 1 aliphatic heterocycles. The van der Waals surface area contributed by atoms with Gasteiger partial charge in [0.05, 0.1) is 24.4 Å². The topological polar surface area (TPSA) is 84.8 Å². The van der Waals surface area contributed by atoms with Crippen LogP contribution >= 0.6 is 11.3 Å². The quantitative estimate of drug-likeness (QED) is 0.381. The molecule has 0 saturated carbocycles. The molecular formula is C23H32N4O3S. The predicted molar refractivity (Wildman–Crippen MR) is 124 cm³/mol. The maximum atomic E-state index is 12.1. The number of carbonyl (C=O) groups excluding carboxylic acids is 1. The Kier molecular flexibility index (Phi) is 8.43. The molecule has 3 atom stereocenters. The number of benzene rings is 1. The fraction of sp³-hybridized carbons (Fsp3) is 0.522. The summed E-state index contributed by atoms with van der Waals surface area (Å²) in [7, 11) is 1.76. The smallest absolute Gasteiger partial charge is 0.350 e. The van der Waals surface area contributed by atoms with Gasteiger partial charge in [0.2, 0.25) is 0 Å². The van der Waals surface area contributed by atoms with Crippen LogP contribution in [0, 0.1) is 12.8 Å². The number of esters is 1. The minimum Gasteiger partial charge on any atom is -0.462 e. The molecule has 3 rings (SSSR count). The van der Waals surface area contributed by atoms with Crippen LogP contribution in [-0.4, -0.2) is 43.7 Å². The summed E-state index contributed by atoms with van der Waals surface area (Å²) in [5.41, 5.74) is 1.91. The van der Waals surface area contributed by atoms with Crippen LogP contribution in [0.5, 0.6) is 0 Å². The van der Waals surface area contributed by atoms with Gasteiger partial charge in [-0.05, 0) is 39.2 Å². The zero-order valence-electron chi connectivity index (χ0n) is 18.7. The molecule has 2 N–H and O–H groups in total. The van der Waals surface area contributed by atoms with E-state index in [9.17, 15) is 4.79 Å². The first-order valence-corrected chi connectivity index (χ1v) is 11.6. The fourth-order valence-electron chi connectivity index (χ4n) is 3.74. The third kappa shape index (κ3) is 6.04. The molecule has 0 aliphatic carbocycles. The normalized spacial score (nSPS) is 20.2. The Balaban J connectivity index is 1.60. The highest BCUT2D eigenvalue weighted by Gasteiger charge is 2.28. The fourth-order valence-corrected chi connectivity index (χ4v) is 4.70. The summed E-state index contributed by atoms with van der Waals surface area (Å²) in [5.74, 6) is 0.751. The standard InChI is InChI=1S/C23H32N4O3S/c1-5-29-22(28)20-15(2)26-21(31-20)16(3)27-23(24-4)25-14-18-12-9-13-30-19(18)17-10-7-6-8-11-17/h6-8,10-11,16,18-19H,5,9,12-14H2,1-4H3,(H2,24,25,27). The number of carbonyl (C=O) groups is 1. The molecule has 1 aromatic heterocycles. The highest BCUT2D eigenvalue weighted by molar-refractivity contribution is 7.13. The number of aliphatic imine (C=N–C) groups is 1. The second-order valence-electron chi connectivity index (χ2n) is 7.61. The van der Waals surface area contributed by atoms with Crippen LogP contribution in [0.4, 0.5) is 0 Å². The van der Waals surface area contributed by atoms with Crippen LogP contribution < -0.4 is 10.6 Å². The number of rotatable bonds is 7. The van der Waals surface area contributed by atoms with Gasteiger partial charge in [0.15, 0.2) is 5.96 Å². The van der Waals surface area contributed by atoms with Gasteiger partial charge in [-0.3, -0.25) is 4.99 Å². The lowest BCUT2D eigenvalue weighted by Crippen LogP contribution is -2.42. The highest BCUT2D eigenvalue weighted by atomic mass is 32.1. The van der Waals surface area contributed by atoms with Crippen molar-refractivity contribution >= 4 is 23.3 Å². The highest BCUT2D eigenvalue weighted by Crippen LogP contribution is 2.33. The van der Waals surface area contributed by atoms with Gasteiger partial charge in [-0.2, -0.15) is 0 Å². The van der Waals surface area contributed by atoms with Crippen molar-refractivity contribution in [3.8, 4) is 0 Å². The monoisotopic (exact) mass is 444 g/mol. The summed E-state index contributed by atoms with van der Waals surface area (Å²) in [6.45, 7) is 7.55. The Morgan fingerprint density at radius 2 is 2.16 bits per heavy atom. The zero-order chi connectivity index (χ0) is 22.2. The molecular weight excluding hydrogens is 412 g/mol. The lowest BCUT2D eigenvalue weighted by atomic mass is 9.89. The van der Waals surface area contributed by atoms with E-state index in [0.29, 0.717) is 29.1 Å². The zero-order valence-corrected chi connectivity index (χ0v) is 19.5. The number of nitrogens with one attached hydrogen (secondary N) is 2.